The van der Waals surface area contributed by atoms with E-state index in [1.807, 2.05) is 0 Å². The number of pyridine rings is 1. The lowest BCUT2D eigenvalue weighted by atomic mass is 10.1. The Morgan fingerprint density at radius 3 is 2.80 bits per heavy atom. The highest BCUT2D eigenvalue weighted by atomic mass is 19.4. The van der Waals surface area contributed by atoms with Gasteiger partial charge in [-0.25, -0.2) is 4.98 Å². The monoisotopic (exact) mass is 288 g/mol. The summed E-state index contributed by atoms with van der Waals surface area (Å²) in [6, 6.07) is 1.66. The average Bonchev–Trinajstić information content (AvgIpc) is 2.81. The number of alkyl halides is 3. The van der Waals surface area contributed by atoms with Crippen LogP contribution < -0.4 is 10.6 Å². The van der Waals surface area contributed by atoms with Crippen molar-refractivity contribution in [2.45, 2.75) is 25.4 Å². The Bertz CT molecular complexity index is 542. The van der Waals surface area contributed by atoms with Gasteiger partial charge in [0.25, 0.3) is 0 Å². The summed E-state index contributed by atoms with van der Waals surface area (Å²) in [5.74, 6) is -0.158. The molecule has 3 N–H and O–H groups in total. The maximum atomic E-state index is 12.5. The summed E-state index contributed by atoms with van der Waals surface area (Å²) >= 11 is 0. The minimum absolute atomic E-state index is 0.0817. The largest absolute Gasteiger partial charge is 0.409 e. The Hall–Kier alpha value is -1.99. The molecule has 20 heavy (non-hydrogen) atoms. The van der Waals surface area contributed by atoms with E-state index in [0.717, 1.165) is 35.4 Å². The Morgan fingerprint density at radius 1 is 1.50 bits per heavy atom. The molecule has 0 fully saturated rings. The van der Waals surface area contributed by atoms with Gasteiger partial charge in [-0.1, -0.05) is 5.16 Å². The van der Waals surface area contributed by atoms with E-state index in [9.17, 15) is 13.2 Å². The van der Waals surface area contributed by atoms with Crippen molar-refractivity contribution in [3.05, 3.63) is 22.9 Å². The molecule has 1 heterocycles. The van der Waals surface area contributed by atoms with Crippen molar-refractivity contribution >= 4 is 11.7 Å². The molecule has 8 heteroatoms. The van der Waals surface area contributed by atoms with Crippen LogP contribution in [0.3, 0.4) is 0 Å². The van der Waals surface area contributed by atoms with E-state index in [1.54, 1.807) is 6.07 Å². The fourth-order valence-corrected chi connectivity index (χ4v) is 2.34. The summed E-state index contributed by atoms with van der Waals surface area (Å²) in [7, 11) is 1.28. The van der Waals surface area contributed by atoms with E-state index >= 15 is 0 Å². The number of hydrogen-bond donors (Lipinski definition) is 2. The van der Waals surface area contributed by atoms with Gasteiger partial charge in [0.15, 0.2) is 5.84 Å². The van der Waals surface area contributed by atoms with Crippen LogP contribution in [0.1, 0.15) is 23.2 Å². The Morgan fingerprint density at radius 2 is 2.20 bits per heavy atom. The molecule has 0 atom stereocenters. The molecular weight excluding hydrogens is 273 g/mol. The summed E-state index contributed by atoms with van der Waals surface area (Å²) in [5, 5.41) is 11.6. The van der Waals surface area contributed by atoms with Crippen LogP contribution in [0.15, 0.2) is 11.2 Å². The molecule has 0 aromatic carbocycles. The van der Waals surface area contributed by atoms with E-state index in [4.69, 9.17) is 10.9 Å². The third-order valence-electron chi connectivity index (χ3n) is 3.19. The SMILES string of the molecule is CN(CC(F)(F)F)c1nc2c(cc1C(N)=NO)CCC2. The number of fused-ring (bicyclic) bond motifs is 1. The fourth-order valence-electron chi connectivity index (χ4n) is 2.34. The van der Waals surface area contributed by atoms with Crippen molar-refractivity contribution in [2.75, 3.05) is 18.5 Å². The molecule has 2 rings (SSSR count). The second-order valence-electron chi connectivity index (χ2n) is 4.78. The molecule has 1 aliphatic carbocycles. The highest BCUT2D eigenvalue weighted by Gasteiger charge is 2.31. The van der Waals surface area contributed by atoms with Gasteiger partial charge in [-0.2, -0.15) is 13.2 Å². The molecule has 0 spiro atoms. The number of hydrogen-bond acceptors (Lipinski definition) is 4. The van der Waals surface area contributed by atoms with E-state index in [0.29, 0.717) is 0 Å². The normalized spacial score (nSPS) is 15.3. The second kappa shape index (κ2) is 5.18. The number of amidine groups is 1. The topological polar surface area (TPSA) is 74.7 Å². The molecule has 0 amide bonds. The fraction of sp³-hybridized carbons (Fsp3) is 0.500. The lowest BCUT2D eigenvalue weighted by Gasteiger charge is -2.23. The Balaban J connectivity index is 2.45. The van der Waals surface area contributed by atoms with Crippen LogP contribution in [0.5, 0.6) is 0 Å². The number of halogens is 3. The number of rotatable bonds is 3. The number of oxime groups is 1. The van der Waals surface area contributed by atoms with Gasteiger partial charge in [-0.15, -0.1) is 0 Å². The first kappa shape index (κ1) is 14.4. The molecule has 0 saturated heterocycles. The van der Waals surface area contributed by atoms with Gasteiger partial charge in [0, 0.05) is 12.7 Å². The number of anilines is 1. The van der Waals surface area contributed by atoms with Gasteiger partial charge in [-0.05, 0) is 30.9 Å². The molecule has 1 aromatic heterocycles. The zero-order valence-electron chi connectivity index (χ0n) is 10.9. The van der Waals surface area contributed by atoms with Crippen molar-refractivity contribution in [2.24, 2.45) is 10.9 Å². The summed E-state index contributed by atoms with van der Waals surface area (Å²) < 4.78 is 37.5. The molecule has 1 aromatic rings. The van der Waals surface area contributed by atoms with Crippen LogP contribution >= 0.6 is 0 Å². The minimum atomic E-state index is -4.35. The predicted molar refractivity (Wildman–Crippen MR) is 68.1 cm³/mol. The van der Waals surface area contributed by atoms with Crippen molar-refractivity contribution in [1.29, 1.82) is 0 Å². The number of nitrogens with two attached hydrogens (primary N) is 1. The van der Waals surface area contributed by atoms with E-state index in [-0.39, 0.29) is 17.2 Å². The lowest BCUT2D eigenvalue weighted by molar-refractivity contribution is -0.119. The third-order valence-corrected chi connectivity index (χ3v) is 3.19. The van der Waals surface area contributed by atoms with Crippen molar-refractivity contribution in [3.8, 4) is 0 Å². The summed E-state index contributed by atoms with van der Waals surface area (Å²) in [5.41, 5.74) is 7.49. The van der Waals surface area contributed by atoms with E-state index < -0.39 is 12.7 Å². The lowest BCUT2D eigenvalue weighted by Crippen LogP contribution is -2.33. The third kappa shape index (κ3) is 2.94. The smallest absolute Gasteiger partial charge is 0.405 e. The van der Waals surface area contributed by atoms with Crippen molar-refractivity contribution in [3.63, 3.8) is 0 Å². The van der Waals surface area contributed by atoms with Crippen LogP contribution in [0.4, 0.5) is 19.0 Å². The zero-order chi connectivity index (χ0) is 14.9. The molecule has 0 bridgehead atoms. The van der Waals surface area contributed by atoms with Gasteiger partial charge >= 0.3 is 6.18 Å². The predicted octanol–water partition coefficient (Wildman–Crippen LogP) is 1.66. The Labute approximate surface area is 113 Å². The second-order valence-corrected chi connectivity index (χ2v) is 4.78. The highest BCUT2D eigenvalue weighted by molar-refractivity contribution is 6.01. The Kier molecular flexibility index (Phi) is 3.74. The maximum absolute atomic E-state index is 12.5. The van der Waals surface area contributed by atoms with Gasteiger partial charge in [0.1, 0.15) is 12.4 Å². The van der Waals surface area contributed by atoms with Gasteiger partial charge < -0.3 is 15.8 Å². The van der Waals surface area contributed by atoms with Crippen molar-refractivity contribution in [1.82, 2.24) is 4.98 Å². The molecule has 0 aliphatic heterocycles. The standard InChI is InChI=1S/C12H15F3N4O/c1-19(6-12(13,14)15)11-8(10(16)18-20)5-7-3-2-4-9(7)17-11/h5,20H,2-4,6H2,1H3,(H2,16,18). The van der Waals surface area contributed by atoms with E-state index in [1.165, 1.54) is 7.05 Å². The van der Waals surface area contributed by atoms with Crippen LogP contribution in [-0.2, 0) is 12.8 Å². The van der Waals surface area contributed by atoms with Gasteiger partial charge in [0.2, 0.25) is 0 Å². The first-order valence-corrected chi connectivity index (χ1v) is 6.10. The first-order valence-electron chi connectivity index (χ1n) is 6.10. The van der Waals surface area contributed by atoms with Crippen LogP contribution in [-0.4, -0.2) is 35.8 Å². The molecule has 0 radical (unpaired) electrons. The molecular formula is C12H15F3N4O. The van der Waals surface area contributed by atoms with Gasteiger partial charge in [0.05, 0.1) is 5.56 Å². The highest BCUT2D eigenvalue weighted by Crippen LogP contribution is 2.28. The number of aromatic nitrogens is 1. The number of aryl methyl sites for hydroxylation is 2. The quantitative estimate of drug-likeness (QED) is 0.384. The van der Waals surface area contributed by atoms with Crippen molar-refractivity contribution < 1.29 is 18.4 Å². The van der Waals surface area contributed by atoms with Crippen LogP contribution in [0.2, 0.25) is 0 Å². The maximum Gasteiger partial charge on any atom is 0.405 e. The molecule has 0 unspecified atom stereocenters. The van der Waals surface area contributed by atoms with Crippen LogP contribution in [0, 0.1) is 0 Å². The summed E-state index contributed by atoms with van der Waals surface area (Å²) in [4.78, 5) is 5.22. The molecule has 5 nitrogen and oxygen atoms in total. The molecule has 1 aliphatic rings. The zero-order valence-corrected chi connectivity index (χ0v) is 10.9. The van der Waals surface area contributed by atoms with Gasteiger partial charge in [-0.3, -0.25) is 0 Å². The first-order chi connectivity index (χ1) is 9.31. The minimum Gasteiger partial charge on any atom is -0.409 e. The number of nitrogens with zero attached hydrogens (tertiary/aromatic N) is 3. The van der Waals surface area contributed by atoms with Crippen LogP contribution in [0.25, 0.3) is 0 Å². The molecule has 110 valence electrons. The van der Waals surface area contributed by atoms with E-state index in [2.05, 4.69) is 10.1 Å². The average molecular weight is 288 g/mol. The molecule has 0 saturated carbocycles. The summed E-state index contributed by atoms with van der Waals surface area (Å²) in [6.07, 6.45) is -1.90. The summed E-state index contributed by atoms with van der Waals surface area (Å²) in [6.45, 7) is -1.15.